The molecule has 60 valence electrons. The van der Waals surface area contributed by atoms with E-state index in [-0.39, 0.29) is 5.82 Å². The van der Waals surface area contributed by atoms with E-state index < -0.39 is 15.4 Å². The largest absolute Gasteiger partial charge is 0.384 e. The van der Waals surface area contributed by atoms with Gasteiger partial charge in [0.2, 0.25) is 0 Å². The minimum absolute atomic E-state index is 0.0868. The average Bonchev–Trinajstić information content (AvgIpc) is 1.86. The molecule has 0 atom stereocenters. The van der Waals surface area contributed by atoms with Gasteiger partial charge < -0.3 is 5.73 Å². The molecule has 0 aliphatic heterocycles. The third-order valence-corrected chi connectivity index (χ3v) is 1.51. The molecule has 0 unspecified atom stereocenters. The molecule has 0 radical (unpaired) electrons. The molecule has 1 heterocycles. The number of halogens is 1. The summed E-state index contributed by atoms with van der Waals surface area (Å²) in [6.45, 7) is 0. The van der Waals surface area contributed by atoms with Gasteiger partial charge in [-0.2, -0.15) is 13.4 Å². The molecule has 2 N–H and O–H groups in total. The average molecular weight is 177 g/mol. The first-order valence-electron chi connectivity index (χ1n) is 2.53. The van der Waals surface area contributed by atoms with Crippen LogP contribution in [0.5, 0.6) is 0 Å². The van der Waals surface area contributed by atoms with Gasteiger partial charge in [0.25, 0.3) is 5.16 Å². The number of nitrogens with zero attached hydrogens (tertiary/aromatic N) is 2. The van der Waals surface area contributed by atoms with Crippen molar-refractivity contribution < 1.29 is 12.3 Å². The molecule has 0 spiro atoms. The molecule has 0 aliphatic rings. The molecular weight excluding hydrogens is 173 g/mol. The molecule has 0 saturated heterocycles. The Hall–Kier alpha value is -1.24. The van der Waals surface area contributed by atoms with Gasteiger partial charge in [0.1, 0.15) is 5.82 Å². The van der Waals surface area contributed by atoms with Crippen LogP contribution >= 0.6 is 0 Å². The van der Waals surface area contributed by atoms with Crippen molar-refractivity contribution in [3.63, 3.8) is 0 Å². The van der Waals surface area contributed by atoms with Crippen LogP contribution in [0.4, 0.5) is 9.70 Å². The Bertz CT molecular complexity index is 363. The number of nitrogens with two attached hydrogens (primary N) is 1. The number of rotatable bonds is 1. The highest BCUT2D eigenvalue weighted by Crippen LogP contribution is 2.05. The minimum Gasteiger partial charge on any atom is -0.384 e. The van der Waals surface area contributed by atoms with Gasteiger partial charge in [-0.1, -0.05) is 3.89 Å². The van der Waals surface area contributed by atoms with Crippen LogP contribution in [0.3, 0.4) is 0 Å². The lowest BCUT2D eigenvalue weighted by molar-refractivity contribution is 0.542. The van der Waals surface area contributed by atoms with Crippen LogP contribution in [0.1, 0.15) is 0 Å². The maximum absolute atomic E-state index is 12.1. The Balaban J connectivity index is 3.28. The first kappa shape index (κ1) is 7.86. The summed E-state index contributed by atoms with van der Waals surface area (Å²) in [5.41, 5.74) is 5.07. The highest BCUT2D eigenvalue weighted by atomic mass is 32.3. The summed E-state index contributed by atoms with van der Waals surface area (Å²) in [6, 6.07) is 1.26. The molecule has 0 saturated carbocycles. The standard InChI is InChI=1S/C4H4FN3O2S/c5-11(9,10)4-7-2-1-3(6)8-4/h1-2H,(H2,6,7,8). The van der Waals surface area contributed by atoms with Crippen molar-refractivity contribution in [2.24, 2.45) is 0 Å². The summed E-state index contributed by atoms with van der Waals surface area (Å²) in [5.74, 6) is -0.0868. The quantitative estimate of drug-likeness (QED) is 0.470. The van der Waals surface area contributed by atoms with Crippen LogP contribution in [-0.4, -0.2) is 18.4 Å². The number of aromatic nitrogens is 2. The normalized spacial score (nSPS) is 11.4. The van der Waals surface area contributed by atoms with E-state index in [1.807, 2.05) is 0 Å². The van der Waals surface area contributed by atoms with Gasteiger partial charge in [-0.25, -0.2) is 4.98 Å². The number of nitrogen functional groups attached to an aromatic ring is 1. The molecular formula is C4H4FN3O2S. The van der Waals surface area contributed by atoms with Gasteiger partial charge in [0, 0.05) is 6.20 Å². The Kier molecular flexibility index (Phi) is 1.73. The van der Waals surface area contributed by atoms with Crippen molar-refractivity contribution >= 4 is 16.0 Å². The van der Waals surface area contributed by atoms with Crippen molar-refractivity contribution in [3.05, 3.63) is 12.3 Å². The summed E-state index contributed by atoms with van der Waals surface area (Å²) >= 11 is 0. The van der Waals surface area contributed by atoms with Crippen LogP contribution in [0.15, 0.2) is 17.4 Å². The van der Waals surface area contributed by atoms with Gasteiger partial charge >= 0.3 is 10.2 Å². The van der Waals surface area contributed by atoms with Gasteiger partial charge in [-0.3, -0.25) is 0 Å². The molecule has 1 rings (SSSR count). The summed E-state index contributed by atoms with van der Waals surface area (Å²) in [5, 5.41) is -0.905. The van der Waals surface area contributed by atoms with Crippen LogP contribution in [0, 0.1) is 0 Å². The second-order valence-electron chi connectivity index (χ2n) is 1.70. The Morgan fingerprint density at radius 3 is 2.55 bits per heavy atom. The summed E-state index contributed by atoms with van der Waals surface area (Å²) in [6.07, 6.45) is 1.06. The molecule has 0 aliphatic carbocycles. The van der Waals surface area contributed by atoms with Crippen molar-refractivity contribution in [1.82, 2.24) is 9.97 Å². The monoisotopic (exact) mass is 177 g/mol. The van der Waals surface area contributed by atoms with Crippen LogP contribution in [0.25, 0.3) is 0 Å². The van der Waals surface area contributed by atoms with E-state index in [1.54, 1.807) is 0 Å². The van der Waals surface area contributed by atoms with E-state index in [1.165, 1.54) is 6.07 Å². The van der Waals surface area contributed by atoms with Gasteiger partial charge in [-0.15, -0.1) is 0 Å². The number of hydrogen-bond acceptors (Lipinski definition) is 5. The number of anilines is 1. The lowest BCUT2D eigenvalue weighted by Gasteiger charge is -1.92. The van der Waals surface area contributed by atoms with E-state index >= 15 is 0 Å². The maximum atomic E-state index is 12.1. The lowest BCUT2D eigenvalue weighted by Crippen LogP contribution is -2.02. The van der Waals surface area contributed by atoms with Crippen molar-refractivity contribution in [2.45, 2.75) is 5.16 Å². The van der Waals surface area contributed by atoms with Gasteiger partial charge in [0.15, 0.2) is 0 Å². The van der Waals surface area contributed by atoms with Gasteiger partial charge in [-0.05, 0) is 6.07 Å². The molecule has 0 bridgehead atoms. The van der Waals surface area contributed by atoms with Crippen LogP contribution < -0.4 is 5.73 Å². The van der Waals surface area contributed by atoms with Crippen molar-refractivity contribution in [1.29, 1.82) is 0 Å². The number of hydrogen-bond donors (Lipinski definition) is 1. The maximum Gasteiger partial charge on any atom is 0.368 e. The first-order valence-corrected chi connectivity index (χ1v) is 3.91. The predicted molar refractivity (Wildman–Crippen MR) is 34.7 cm³/mol. The molecule has 5 nitrogen and oxygen atoms in total. The Morgan fingerprint density at radius 1 is 1.55 bits per heavy atom. The fourth-order valence-electron chi connectivity index (χ4n) is 0.471. The smallest absolute Gasteiger partial charge is 0.368 e. The van der Waals surface area contributed by atoms with E-state index in [9.17, 15) is 12.3 Å². The first-order chi connectivity index (χ1) is 5.00. The zero-order chi connectivity index (χ0) is 8.48. The Morgan fingerprint density at radius 2 is 2.18 bits per heavy atom. The SMILES string of the molecule is Nc1ccnc(S(=O)(=O)F)n1. The second-order valence-corrected chi connectivity index (χ2v) is 2.94. The lowest BCUT2D eigenvalue weighted by atomic mass is 10.6. The van der Waals surface area contributed by atoms with E-state index in [2.05, 4.69) is 9.97 Å². The molecule has 1 aromatic rings. The van der Waals surface area contributed by atoms with Crippen molar-refractivity contribution in [2.75, 3.05) is 5.73 Å². The summed E-state index contributed by atoms with van der Waals surface area (Å²) in [7, 11) is -4.83. The van der Waals surface area contributed by atoms with E-state index in [4.69, 9.17) is 5.73 Å². The second kappa shape index (κ2) is 2.42. The molecule has 0 fully saturated rings. The third-order valence-electron chi connectivity index (χ3n) is 0.873. The van der Waals surface area contributed by atoms with Crippen molar-refractivity contribution in [3.8, 4) is 0 Å². The third kappa shape index (κ3) is 1.84. The fourth-order valence-corrected chi connectivity index (χ4v) is 0.873. The molecule has 1 aromatic heterocycles. The highest BCUT2D eigenvalue weighted by molar-refractivity contribution is 7.86. The van der Waals surface area contributed by atoms with Gasteiger partial charge in [0.05, 0.1) is 0 Å². The van der Waals surface area contributed by atoms with Crippen LogP contribution in [0.2, 0.25) is 0 Å². The predicted octanol–water partition coefficient (Wildman–Crippen LogP) is -0.283. The fraction of sp³-hybridized carbons (Fsp3) is 0. The summed E-state index contributed by atoms with van der Waals surface area (Å²) < 4.78 is 32.4. The zero-order valence-corrected chi connectivity index (χ0v) is 6.05. The highest BCUT2D eigenvalue weighted by Gasteiger charge is 2.14. The van der Waals surface area contributed by atoms with Crippen LogP contribution in [-0.2, 0) is 10.2 Å². The van der Waals surface area contributed by atoms with E-state index in [0.717, 1.165) is 6.20 Å². The molecule has 0 aromatic carbocycles. The minimum atomic E-state index is -4.83. The summed E-state index contributed by atoms with van der Waals surface area (Å²) in [4.78, 5) is 6.30. The molecule has 0 amide bonds. The van der Waals surface area contributed by atoms with E-state index in [0.29, 0.717) is 0 Å². The Labute approximate surface area is 62.3 Å². The topological polar surface area (TPSA) is 85.9 Å². The zero-order valence-electron chi connectivity index (χ0n) is 5.23. The molecule has 11 heavy (non-hydrogen) atoms. The molecule has 7 heteroatoms.